The number of benzene rings is 1. The van der Waals surface area contributed by atoms with Gasteiger partial charge in [-0.15, -0.1) is 13.2 Å². The zero-order valence-electron chi connectivity index (χ0n) is 12.0. The van der Waals surface area contributed by atoms with Gasteiger partial charge in [0.05, 0.1) is 5.56 Å². The number of rotatable bonds is 3. The minimum atomic E-state index is -5.76. The Morgan fingerprint density at radius 3 is 2.42 bits per heavy atom. The predicted octanol–water partition coefficient (Wildman–Crippen LogP) is 2.43. The lowest BCUT2D eigenvalue weighted by Gasteiger charge is -2.36. The number of phenols is 1. The second-order valence-corrected chi connectivity index (χ2v) is 5.03. The Hall–Kier alpha value is -2.27. The SMILES string of the molecule is CC1=NN(C(=O)c2ccccc2O)[C@@](O)(C(F)(F)OC(F)(F)F)C1. The number of halogens is 5. The third kappa shape index (κ3) is 3.17. The summed E-state index contributed by atoms with van der Waals surface area (Å²) in [5, 5.41) is 22.8. The van der Waals surface area contributed by atoms with Crippen molar-refractivity contribution in [3.05, 3.63) is 29.8 Å². The summed E-state index contributed by atoms with van der Waals surface area (Å²) in [6.07, 6.45) is -12.0. The summed E-state index contributed by atoms with van der Waals surface area (Å²) in [6, 6.07) is 4.70. The smallest absolute Gasteiger partial charge is 0.507 e. The normalized spacial score (nSPS) is 21.8. The maximum atomic E-state index is 13.9. The molecular weight excluding hydrogens is 343 g/mol. The van der Waals surface area contributed by atoms with Crippen LogP contribution in [-0.4, -0.2) is 45.0 Å². The van der Waals surface area contributed by atoms with Crippen LogP contribution in [0.1, 0.15) is 23.7 Å². The molecule has 0 unspecified atom stereocenters. The fraction of sp³-hybridized carbons (Fsp3) is 0.385. The summed E-state index contributed by atoms with van der Waals surface area (Å²) in [6.45, 7) is 1.13. The summed E-state index contributed by atoms with van der Waals surface area (Å²) in [5.74, 6) is -2.04. The first-order chi connectivity index (χ1) is 10.9. The molecule has 2 rings (SSSR count). The van der Waals surface area contributed by atoms with Crippen molar-refractivity contribution in [1.29, 1.82) is 0 Å². The van der Waals surface area contributed by atoms with Crippen molar-refractivity contribution in [1.82, 2.24) is 5.01 Å². The molecule has 1 aliphatic rings. The van der Waals surface area contributed by atoms with Crippen LogP contribution in [-0.2, 0) is 4.74 Å². The monoisotopic (exact) mass is 354 g/mol. The molecule has 1 aromatic carbocycles. The number of ether oxygens (including phenoxy) is 1. The first-order valence-corrected chi connectivity index (χ1v) is 6.41. The molecule has 1 aromatic rings. The average Bonchev–Trinajstić information content (AvgIpc) is 2.73. The van der Waals surface area contributed by atoms with Crippen LogP contribution in [0, 0.1) is 0 Å². The number of carbonyl (C=O) groups excluding carboxylic acids is 1. The average molecular weight is 354 g/mol. The highest BCUT2D eigenvalue weighted by molar-refractivity contribution is 5.99. The molecule has 0 spiro atoms. The van der Waals surface area contributed by atoms with Crippen LogP contribution >= 0.6 is 0 Å². The molecule has 0 bridgehead atoms. The maximum absolute atomic E-state index is 13.9. The van der Waals surface area contributed by atoms with E-state index in [-0.39, 0.29) is 10.7 Å². The Balaban J connectivity index is 2.44. The van der Waals surface area contributed by atoms with Crippen molar-refractivity contribution in [3.63, 3.8) is 0 Å². The number of phenolic OH excluding ortho intramolecular Hbond substituents is 1. The summed E-state index contributed by atoms with van der Waals surface area (Å²) >= 11 is 0. The lowest BCUT2D eigenvalue weighted by molar-refractivity contribution is -0.468. The fourth-order valence-corrected chi connectivity index (χ4v) is 2.16. The van der Waals surface area contributed by atoms with E-state index >= 15 is 0 Å². The largest absolute Gasteiger partial charge is 0.527 e. The summed E-state index contributed by atoms with van der Waals surface area (Å²) in [7, 11) is 0. The van der Waals surface area contributed by atoms with Gasteiger partial charge >= 0.3 is 12.5 Å². The van der Waals surface area contributed by atoms with Crippen molar-refractivity contribution >= 4 is 11.6 Å². The van der Waals surface area contributed by atoms with Crippen molar-refractivity contribution in [2.24, 2.45) is 5.10 Å². The van der Waals surface area contributed by atoms with Gasteiger partial charge in [-0.1, -0.05) is 12.1 Å². The van der Waals surface area contributed by atoms with Gasteiger partial charge in [-0.3, -0.25) is 4.79 Å². The predicted molar refractivity (Wildman–Crippen MR) is 69.0 cm³/mol. The first kappa shape index (κ1) is 18.1. The second-order valence-electron chi connectivity index (χ2n) is 5.03. The van der Waals surface area contributed by atoms with Crippen LogP contribution in [0.5, 0.6) is 5.75 Å². The van der Waals surface area contributed by atoms with Gasteiger partial charge < -0.3 is 10.2 Å². The maximum Gasteiger partial charge on any atom is 0.527 e. The molecule has 132 valence electrons. The Morgan fingerprint density at radius 1 is 1.29 bits per heavy atom. The van der Waals surface area contributed by atoms with E-state index in [1.807, 2.05) is 0 Å². The molecule has 2 N–H and O–H groups in total. The first-order valence-electron chi connectivity index (χ1n) is 6.41. The third-order valence-corrected chi connectivity index (χ3v) is 3.16. The number of amides is 1. The van der Waals surface area contributed by atoms with Gasteiger partial charge in [-0.05, 0) is 19.1 Å². The van der Waals surface area contributed by atoms with Crippen LogP contribution in [0.2, 0.25) is 0 Å². The number of aliphatic hydroxyl groups is 1. The van der Waals surface area contributed by atoms with E-state index in [0.717, 1.165) is 19.1 Å². The van der Waals surface area contributed by atoms with Gasteiger partial charge in [0, 0.05) is 12.1 Å². The molecule has 0 saturated carbocycles. The van der Waals surface area contributed by atoms with Gasteiger partial charge in [-0.2, -0.15) is 18.9 Å². The van der Waals surface area contributed by atoms with Gasteiger partial charge in [0.15, 0.2) is 0 Å². The molecule has 1 atom stereocenters. The summed E-state index contributed by atoms with van der Waals surface area (Å²) < 4.78 is 67.0. The van der Waals surface area contributed by atoms with Crippen molar-refractivity contribution in [2.45, 2.75) is 31.5 Å². The minimum Gasteiger partial charge on any atom is -0.507 e. The van der Waals surface area contributed by atoms with E-state index in [2.05, 4.69) is 9.84 Å². The number of carbonyl (C=O) groups is 1. The van der Waals surface area contributed by atoms with E-state index in [9.17, 15) is 37.0 Å². The molecular formula is C13H11F5N2O4. The Morgan fingerprint density at radius 2 is 1.88 bits per heavy atom. The minimum absolute atomic E-state index is 0.219. The number of nitrogens with zero attached hydrogens (tertiary/aromatic N) is 2. The van der Waals surface area contributed by atoms with Gasteiger partial charge in [0.1, 0.15) is 5.75 Å². The summed E-state index contributed by atoms with van der Waals surface area (Å²) in [4.78, 5) is 12.3. The standard InChI is InChI=1S/C13H11F5N2O4/c1-7-6-11(23,12(14,15)24-13(16,17)18)20(19-7)10(22)8-4-2-3-5-9(8)21/h2-5,21,23H,6H2,1H3/t11-/m0/s1. The molecule has 0 radical (unpaired) electrons. The number of aromatic hydroxyl groups is 1. The Kier molecular flexibility index (Phi) is 4.27. The van der Waals surface area contributed by atoms with Gasteiger partial charge in [0.25, 0.3) is 11.6 Å². The number of hydrogen-bond donors (Lipinski definition) is 2. The van der Waals surface area contributed by atoms with E-state index in [0.29, 0.717) is 0 Å². The van der Waals surface area contributed by atoms with Gasteiger partial charge in [-0.25, -0.2) is 4.74 Å². The molecule has 0 saturated heterocycles. The van der Waals surface area contributed by atoms with Crippen LogP contribution in [0.15, 0.2) is 29.4 Å². The van der Waals surface area contributed by atoms with Crippen LogP contribution in [0.4, 0.5) is 22.0 Å². The van der Waals surface area contributed by atoms with E-state index < -0.39 is 41.8 Å². The van der Waals surface area contributed by atoms with Crippen LogP contribution < -0.4 is 0 Å². The van der Waals surface area contributed by atoms with E-state index in [4.69, 9.17) is 0 Å². The van der Waals surface area contributed by atoms with Crippen LogP contribution in [0.3, 0.4) is 0 Å². The molecule has 11 heteroatoms. The number of para-hydroxylation sites is 1. The molecule has 6 nitrogen and oxygen atoms in total. The van der Waals surface area contributed by atoms with Crippen LogP contribution in [0.25, 0.3) is 0 Å². The lowest BCUT2D eigenvalue weighted by atomic mass is 10.1. The molecule has 0 aliphatic carbocycles. The molecule has 1 aliphatic heterocycles. The zero-order chi connectivity index (χ0) is 18.3. The molecule has 0 aromatic heterocycles. The molecule has 0 fully saturated rings. The number of hydrazone groups is 1. The highest BCUT2D eigenvalue weighted by atomic mass is 19.4. The topological polar surface area (TPSA) is 82.4 Å². The second kappa shape index (κ2) is 5.67. The quantitative estimate of drug-likeness (QED) is 0.817. The van der Waals surface area contributed by atoms with E-state index in [1.54, 1.807) is 0 Å². The Bertz CT molecular complexity index is 691. The molecule has 1 amide bonds. The van der Waals surface area contributed by atoms with Crippen molar-refractivity contribution in [2.75, 3.05) is 0 Å². The van der Waals surface area contributed by atoms with Crippen molar-refractivity contribution < 1.29 is 41.7 Å². The van der Waals surface area contributed by atoms with E-state index in [1.165, 1.54) is 12.1 Å². The molecule has 24 heavy (non-hydrogen) atoms. The lowest BCUT2D eigenvalue weighted by Crippen LogP contribution is -2.61. The number of alkyl halides is 5. The summed E-state index contributed by atoms with van der Waals surface area (Å²) in [5.41, 5.74) is -4.46. The number of hydrogen-bond acceptors (Lipinski definition) is 5. The van der Waals surface area contributed by atoms with Crippen molar-refractivity contribution in [3.8, 4) is 5.75 Å². The third-order valence-electron chi connectivity index (χ3n) is 3.16. The zero-order valence-corrected chi connectivity index (χ0v) is 12.0. The fourth-order valence-electron chi connectivity index (χ4n) is 2.16. The highest BCUT2D eigenvalue weighted by Crippen LogP contribution is 2.44. The molecule has 1 heterocycles. The highest BCUT2D eigenvalue weighted by Gasteiger charge is 2.66. The van der Waals surface area contributed by atoms with Gasteiger partial charge in [0.2, 0.25) is 0 Å². The Labute approximate surface area is 131 Å².